The summed E-state index contributed by atoms with van der Waals surface area (Å²) in [5, 5.41) is 2.37. The molecule has 128 valence electrons. The van der Waals surface area contributed by atoms with E-state index in [1.165, 1.54) is 10.8 Å². The number of pyridine rings is 1. The molecule has 0 radical (unpaired) electrons. The summed E-state index contributed by atoms with van der Waals surface area (Å²) in [6.07, 6.45) is 3.38. The molecular weight excluding hydrogens is 322 g/mol. The Kier molecular flexibility index (Phi) is 4.52. The molecule has 1 atom stereocenters. The molecule has 26 heavy (non-hydrogen) atoms. The number of ether oxygens (including phenoxy) is 2. The number of fused-ring (bicyclic) bond motifs is 1. The molecule has 0 saturated heterocycles. The van der Waals surface area contributed by atoms with Crippen molar-refractivity contribution >= 4 is 10.8 Å². The summed E-state index contributed by atoms with van der Waals surface area (Å²) in [4.78, 5) is 4.28. The van der Waals surface area contributed by atoms with Crippen LogP contribution in [0.4, 0.5) is 0 Å². The number of hydrogen-bond acceptors (Lipinski definition) is 3. The topological polar surface area (TPSA) is 31.4 Å². The third kappa shape index (κ3) is 3.24. The van der Waals surface area contributed by atoms with Crippen molar-refractivity contribution < 1.29 is 9.47 Å². The van der Waals surface area contributed by atoms with Crippen molar-refractivity contribution in [2.75, 3.05) is 7.11 Å². The minimum Gasteiger partial charge on any atom is -0.497 e. The van der Waals surface area contributed by atoms with E-state index in [2.05, 4.69) is 47.4 Å². The third-order valence-corrected chi connectivity index (χ3v) is 4.41. The van der Waals surface area contributed by atoms with Gasteiger partial charge in [0.15, 0.2) is 6.10 Å². The number of benzene rings is 3. The summed E-state index contributed by atoms with van der Waals surface area (Å²) in [6, 6.07) is 26.3. The van der Waals surface area contributed by atoms with E-state index in [0.717, 1.165) is 22.6 Å². The molecule has 0 aliphatic carbocycles. The minimum atomic E-state index is -0.247. The monoisotopic (exact) mass is 341 g/mol. The van der Waals surface area contributed by atoms with Gasteiger partial charge in [-0.3, -0.25) is 4.98 Å². The molecule has 1 aromatic heterocycles. The van der Waals surface area contributed by atoms with Crippen molar-refractivity contribution in [2.45, 2.75) is 6.10 Å². The van der Waals surface area contributed by atoms with Gasteiger partial charge in [0.1, 0.15) is 11.5 Å². The molecular formula is C23H19NO2. The van der Waals surface area contributed by atoms with Crippen molar-refractivity contribution in [3.8, 4) is 11.5 Å². The highest BCUT2D eigenvalue weighted by Crippen LogP contribution is 2.33. The molecule has 0 fully saturated rings. The van der Waals surface area contributed by atoms with Crippen LogP contribution in [0.1, 0.15) is 17.2 Å². The lowest BCUT2D eigenvalue weighted by molar-refractivity contribution is 0.248. The van der Waals surface area contributed by atoms with E-state index in [-0.39, 0.29) is 6.10 Å². The summed E-state index contributed by atoms with van der Waals surface area (Å²) in [6.45, 7) is 0. The highest BCUT2D eigenvalue weighted by Gasteiger charge is 2.19. The summed E-state index contributed by atoms with van der Waals surface area (Å²) in [5.74, 6) is 1.59. The van der Waals surface area contributed by atoms with E-state index in [4.69, 9.17) is 9.47 Å². The first kappa shape index (κ1) is 16.2. The zero-order valence-electron chi connectivity index (χ0n) is 14.5. The third-order valence-electron chi connectivity index (χ3n) is 4.41. The molecule has 3 nitrogen and oxygen atoms in total. The van der Waals surface area contributed by atoms with E-state index in [1.54, 1.807) is 13.3 Å². The quantitative estimate of drug-likeness (QED) is 0.486. The molecule has 1 heterocycles. The fourth-order valence-corrected chi connectivity index (χ4v) is 3.11. The maximum Gasteiger partial charge on any atom is 0.151 e. The van der Waals surface area contributed by atoms with E-state index >= 15 is 0 Å². The van der Waals surface area contributed by atoms with Crippen LogP contribution in [0, 0.1) is 0 Å². The largest absolute Gasteiger partial charge is 0.497 e. The first-order chi connectivity index (χ1) is 12.8. The predicted octanol–water partition coefficient (Wildman–Crippen LogP) is 5.41. The molecule has 0 bridgehead atoms. The Labute approximate surface area is 152 Å². The molecule has 3 aromatic carbocycles. The smallest absolute Gasteiger partial charge is 0.151 e. The Hall–Kier alpha value is -3.33. The molecule has 0 amide bonds. The van der Waals surface area contributed by atoms with E-state index in [0.29, 0.717) is 0 Å². The minimum absolute atomic E-state index is 0.247. The van der Waals surface area contributed by atoms with Crippen molar-refractivity contribution in [3.63, 3.8) is 0 Å². The fraction of sp³-hybridized carbons (Fsp3) is 0.0870. The van der Waals surface area contributed by atoms with E-state index in [9.17, 15) is 0 Å². The Morgan fingerprint density at radius 3 is 2.31 bits per heavy atom. The van der Waals surface area contributed by atoms with Gasteiger partial charge in [0.25, 0.3) is 0 Å². The van der Waals surface area contributed by atoms with Gasteiger partial charge >= 0.3 is 0 Å². The lowest BCUT2D eigenvalue weighted by atomic mass is 9.96. The van der Waals surface area contributed by atoms with Crippen LogP contribution in [0.2, 0.25) is 0 Å². The van der Waals surface area contributed by atoms with Gasteiger partial charge in [0.2, 0.25) is 0 Å². The predicted molar refractivity (Wildman–Crippen MR) is 104 cm³/mol. The Morgan fingerprint density at radius 2 is 1.54 bits per heavy atom. The fourth-order valence-electron chi connectivity index (χ4n) is 3.11. The van der Waals surface area contributed by atoms with Gasteiger partial charge in [-0.25, -0.2) is 0 Å². The van der Waals surface area contributed by atoms with Gasteiger partial charge in [-0.15, -0.1) is 0 Å². The van der Waals surface area contributed by atoms with Gasteiger partial charge in [-0.1, -0.05) is 48.5 Å². The zero-order valence-corrected chi connectivity index (χ0v) is 14.5. The standard InChI is InChI=1S/C23H19NO2/c1-25-19-11-13-20(14-12-19)26-23(18-8-5-15-24-16-18)22-10-4-7-17-6-2-3-9-21(17)22/h2-16,23H,1H3. The van der Waals surface area contributed by atoms with Gasteiger partial charge in [-0.05, 0) is 41.1 Å². The van der Waals surface area contributed by atoms with Crippen molar-refractivity contribution in [2.24, 2.45) is 0 Å². The van der Waals surface area contributed by atoms with Gasteiger partial charge < -0.3 is 9.47 Å². The van der Waals surface area contributed by atoms with Crippen molar-refractivity contribution in [1.82, 2.24) is 4.98 Å². The Morgan fingerprint density at radius 1 is 0.769 bits per heavy atom. The second-order valence-corrected chi connectivity index (χ2v) is 6.03. The van der Waals surface area contributed by atoms with Crippen molar-refractivity contribution in [1.29, 1.82) is 0 Å². The maximum absolute atomic E-state index is 6.40. The zero-order chi connectivity index (χ0) is 17.8. The van der Waals surface area contributed by atoms with Crippen LogP contribution >= 0.6 is 0 Å². The van der Waals surface area contributed by atoms with Crippen LogP contribution in [0.5, 0.6) is 11.5 Å². The Balaban J connectivity index is 1.80. The molecule has 3 heteroatoms. The summed E-state index contributed by atoms with van der Waals surface area (Å²) in [5.41, 5.74) is 2.13. The highest BCUT2D eigenvalue weighted by atomic mass is 16.5. The average molecular weight is 341 g/mol. The summed E-state index contributed by atoms with van der Waals surface area (Å²) >= 11 is 0. The molecule has 4 rings (SSSR count). The van der Waals surface area contributed by atoms with E-state index < -0.39 is 0 Å². The highest BCUT2D eigenvalue weighted by molar-refractivity contribution is 5.86. The second-order valence-electron chi connectivity index (χ2n) is 6.03. The number of methoxy groups -OCH3 is 1. The number of rotatable bonds is 5. The SMILES string of the molecule is COc1ccc(OC(c2cccnc2)c2cccc3ccccc23)cc1. The van der Waals surface area contributed by atoms with Crippen LogP contribution in [-0.4, -0.2) is 12.1 Å². The van der Waals surface area contributed by atoms with Crippen molar-refractivity contribution in [3.05, 3.63) is 102 Å². The Bertz CT molecular complexity index is 992. The normalized spacial score (nSPS) is 11.9. The molecule has 0 saturated carbocycles. The van der Waals surface area contributed by atoms with Gasteiger partial charge in [0.05, 0.1) is 7.11 Å². The van der Waals surface area contributed by atoms with E-state index in [1.807, 2.05) is 42.6 Å². The maximum atomic E-state index is 6.40. The number of hydrogen-bond donors (Lipinski definition) is 0. The molecule has 0 aliphatic rings. The first-order valence-electron chi connectivity index (χ1n) is 8.53. The number of nitrogens with zero attached hydrogens (tertiary/aromatic N) is 1. The van der Waals surface area contributed by atoms with Crippen LogP contribution in [-0.2, 0) is 0 Å². The average Bonchev–Trinajstić information content (AvgIpc) is 2.73. The molecule has 0 N–H and O–H groups in total. The van der Waals surface area contributed by atoms with Crippen LogP contribution in [0.15, 0.2) is 91.3 Å². The van der Waals surface area contributed by atoms with Gasteiger partial charge in [-0.2, -0.15) is 0 Å². The molecule has 0 aliphatic heterocycles. The lowest BCUT2D eigenvalue weighted by Gasteiger charge is -2.21. The molecule has 1 unspecified atom stereocenters. The molecule has 0 spiro atoms. The second kappa shape index (κ2) is 7.28. The summed E-state index contributed by atoms with van der Waals surface area (Å²) < 4.78 is 11.6. The van der Waals surface area contributed by atoms with Crippen LogP contribution in [0.3, 0.4) is 0 Å². The van der Waals surface area contributed by atoms with Crippen LogP contribution in [0.25, 0.3) is 10.8 Å². The summed E-state index contributed by atoms with van der Waals surface area (Å²) in [7, 11) is 1.66. The number of aromatic nitrogens is 1. The van der Waals surface area contributed by atoms with Crippen LogP contribution < -0.4 is 9.47 Å². The van der Waals surface area contributed by atoms with Gasteiger partial charge in [0, 0.05) is 23.5 Å². The molecule has 4 aromatic rings. The first-order valence-corrected chi connectivity index (χ1v) is 8.53. The lowest BCUT2D eigenvalue weighted by Crippen LogP contribution is -2.10.